The van der Waals surface area contributed by atoms with Gasteiger partial charge in [0.2, 0.25) is 0 Å². The molecule has 0 N–H and O–H groups in total. The minimum Gasteiger partial charge on any atom is -0.252 e. The Labute approximate surface area is 114 Å². The number of hydrogen-bond acceptors (Lipinski definition) is 4. The van der Waals surface area contributed by atoms with Crippen molar-refractivity contribution in [1.29, 1.82) is 0 Å². The predicted octanol–water partition coefficient (Wildman–Crippen LogP) is 4.00. The van der Waals surface area contributed by atoms with Crippen LogP contribution in [0.25, 0.3) is 0 Å². The largest absolute Gasteiger partial charge is 0.309 e. The zero-order valence-corrected chi connectivity index (χ0v) is 12.1. The maximum Gasteiger partial charge on any atom is 0.309 e. The second-order valence-electron chi connectivity index (χ2n) is 4.97. The summed E-state index contributed by atoms with van der Waals surface area (Å²) in [5, 5.41) is 8.73. The molecule has 0 spiro atoms. The fourth-order valence-electron chi connectivity index (χ4n) is 2.26. The van der Waals surface area contributed by atoms with E-state index in [0.717, 1.165) is 11.4 Å². The van der Waals surface area contributed by atoms with E-state index < -0.39 is 8.40 Å². The van der Waals surface area contributed by atoms with E-state index in [1.165, 1.54) is 0 Å². The van der Waals surface area contributed by atoms with Crippen molar-refractivity contribution in [3.8, 4) is 0 Å². The molecule has 0 unspecified atom stereocenters. The normalized spacial score (nSPS) is 16.9. The number of anilines is 2. The molecule has 1 aliphatic heterocycles. The molecule has 4 nitrogen and oxygen atoms in total. The van der Waals surface area contributed by atoms with Crippen LogP contribution in [-0.4, -0.2) is 8.40 Å². The summed E-state index contributed by atoms with van der Waals surface area (Å²) in [6, 6.07) is 20.4. The lowest BCUT2D eigenvalue weighted by Crippen LogP contribution is -2.54. The van der Waals surface area contributed by atoms with Crippen molar-refractivity contribution < 1.29 is 0 Å². The minimum absolute atomic E-state index is 1.10. The maximum atomic E-state index is 4.36. The van der Waals surface area contributed by atoms with E-state index in [0.29, 0.717) is 0 Å². The summed E-state index contributed by atoms with van der Waals surface area (Å²) >= 11 is 0. The first-order chi connectivity index (χ1) is 9.19. The second kappa shape index (κ2) is 4.51. The molecular formula is C14H16N4Si. The van der Waals surface area contributed by atoms with Crippen LogP contribution in [0, 0.1) is 0 Å². The molecule has 0 saturated heterocycles. The maximum absolute atomic E-state index is 4.36. The van der Waals surface area contributed by atoms with E-state index in [2.05, 4.69) is 57.2 Å². The van der Waals surface area contributed by atoms with Crippen LogP contribution in [-0.2, 0) is 0 Å². The van der Waals surface area contributed by atoms with Crippen molar-refractivity contribution in [1.82, 2.24) is 0 Å². The topological polar surface area (TPSA) is 31.2 Å². The van der Waals surface area contributed by atoms with Gasteiger partial charge in [-0.2, -0.15) is 0 Å². The van der Waals surface area contributed by atoms with Gasteiger partial charge in [0.15, 0.2) is 0 Å². The quantitative estimate of drug-likeness (QED) is 0.771. The first-order valence-corrected chi connectivity index (χ1v) is 9.21. The molecule has 1 aliphatic rings. The van der Waals surface area contributed by atoms with Crippen molar-refractivity contribution in [2.24, 2.45) is 10.4 Å². The Bertz CT molecular complexity index is 531. The molecule has 0 saturated carbocycles. The zero-order valence-electron chi connectivity index (χ0n) is 11.1. The molecule has 0 atom stereocenters. The second-order valence-corrected chi connectivity index (χ2v) is 8.80. The molecule has 0 aliphatic carbocycles. The van der Waals surface area contributed by atoms with Gasteiger partial charge in [-0.05, 0) is 37.4 Å². The smallest absolute Gasteiger partial charge is 0.252 e. The van der Waals surface area contributed by atoms with Crippen LogP contribution < -0.4 is 9.35 Å². The Morgan fingerprint density at radius 2 is 1.05 bits per heavy atom. The molecule has 3 rings (SSSR count). The lowest BCUT2D eigenvalue weighted by Gasteiger charge is -2.32. The van der Waals surface area contributed by atoms with Crippen molar-refractivity contribution in [3.63, 3.8) is 0 Å². The average Bonchev–Trinajstić information content (AvgIpc) is 2.76. The van der Waals surface area contributed by atoms with Gasteiger partial charge in [0.1, 0.15) is 0 Å². The standard InChI is InChI=1S/C14H16N4Si/c1-19(2)17(13-9-5-3-6-10-13)15-16-18(19)14-11-7-4-8-12-14/h3-12H,1-2H3. The van der Waals surface area contributed by atoms with Crippen LogP contribution in [0.3, 0.4) is 0 Å². The summed E-state index contributed by atoms with van der Waals surface area (Å²) in [4.78, 5) is 0. The van der Waals surface area contributed by atoms with Gasteiger partial charge in [-0.1, -0.05) is 46.8 Å². The van der Waals surface area contributed by atoms with Gasteiger partial charge in [0.05, 0.1) is 11.4 Å². The van der Waals surface area contributed by atoms with E-state index >= 15 is 0 Å². The summed E-state index contributed by atoms with van der Waals surface area (Å²) in [7, 11) is -1.95. The summed E-state index contributed by atoms with van der Waals surface area (Å²) in [5.41, 5.74) is 2.20. The van der Waals surface area contributed by atoms with E-state index in [1.807, 2.05) is 36.4 Å². The molecule has 0 bridgehead atoms. The Kier molecular flexibility index (Phi) is 2.83. The van der Waals surface area contributed by atoms with Crippen LogP contribution >= 0.6 is 0 Å². The highest BCUT2D eigenvalue weighted by molar-refractivity contribution is 6.84. The first-order valence-electron chi connectivity index (χ1n) is 6.32. The third-order valence-electron chi connectivity index (χ3n) is 3.26. The van der Waals surface area contributed by atoms with Crippen molar-refractivity contribution in [2.75, 3.05) is 9.35 Å². The molecule has 0 aromatic heterocycles. The third kappa shape index (κ3) is 2.02. The summed E-state index contributed by atoms with van der Waals surface area (Å²) < 4.78 is 4.14. The molecule has 2 aromatic carbocycles. The van der Waals surface area contributed by atoms with Crippen LogP contribution in [0.2, 0.25) is 13.1 Å². The average molecular weight is 268 g/mol. The Balaban J connectivity index is 1.95. The monoisotopic (exact) mass is 268 g/mol. The number of nitrogens with zero attached hydrogens (tertiary/aromatic N) is 4. The molecule has 5 heteroatoms. The highest BCUT2D eigenvalue weighted by Gasteiger charge is 2.43. The molecule has 0 amide bonds. The molecule has 1 heterocycles. The van der Waals surface area contributed by atoms with Crippen LogP contribution in [0.5, 0.6) is 0 Å². The molecule has 19 heavy (non-hydrogen) atoms. The van der Waals surface area contributed by atoms with Crippen molar-refractivity contribution in [3.05, 3.63) is 60.7 Å². The van der Waals surface area contributed by atoms with Crippen molar-refractivity contribution in [2.45, 2.75) is 13.1 Å². The molecule has 0 radical (unpaired) electrons. The van der Waals surface area contributed by atoms with Crippen LogP contribution in [0.15, 0.2) is 71.1 Å². The van der Waals surface area contributed by atoms with Gasteiger partial charge in [0, 0.05) is 0 Å². The number of hydrogen-bond donors (Lipinski definition) is 0. The van der Waals surface area contributed by atoms with Crippen molar-refractivity contribution >= 4 is 19.8 Å². The van der Waals surface area contributed by atoms with E-state index in [1.54, 1.807) is 0 Å². The van der Waals surface area contributed by atoms with Gasteiger partial charge >= 0.3 is 8.40 Å². The number of benzene rings is 2. The fraction of sp³-hybridized carbons (Fsp3) is 0.143. The van der Waals surface area contributed by atoms with Crippen LogP contribution in [0.1, 0.15) is 0 Å². The van der Waals surface area contributed by atoms with Crippen LogP contribution in [0.4, 0.5) is 11.4 Å². The highest BCUT2D eigenvalue weighted by atomic mass is 28.3. The molecule has 2 aromatic rings. The SMILES string of the molecule is C[Si]1(C)N(c2ccccc2)N=NN1c1ccccc1. The molecule has 96 valence electrons. The van der Waals surface area contributed by atoms with E-state index in [4.69, 9.17) is 0 Å². The zero-order chi connectivity index (χ0) is 13.3. The number of para-hydroxylation sites is 2. The van der Waals surface area contributed by atoms with Gasteiger partial charge in [-0.25, -0.2) is 0 Å². The Morgan fingerprint density at radius 1 is 0.684 bits per heavy atom. The summed E-state index contributed by atoms with van der Waals surface area (Å²) in [6.45, 7) is 4.49. The molecule has 0 fully saturated rings. The fourth-order valence-corrected chi connectivity index (χ4v) is 4.52. The number of rotatable bonds is 2. The first kappa shape index (κ1) is 11.9. The van der Waals surface area contributed by atoms with Gasteiger partial charge in [-0.3, -0.25) is 9.35 Å². The lowest BCUT2D eigenvalue weighted by molar-refractivity contribution is 1.01. The summed E-state index contributed by atoms with van der Waals surface area (Å²) in [5.74, 6) is 0. The Hall–Kier alpha value is -2.14. The minimum atomic E-state index is -1.95. The lowest BCUT2D eigenvalue weighted by atomic mass is 10.3. The Morgan fingerprint density at radius 3 is 1.42 bits per heavy atom. The predicted molar refractivity (Wildman–Crippen MR) is 80.2 cm³/mol. The summed E-state index contributed by atoms with van der Waals surface area (Å²) in [6.07, 6.45) is 0. The third-order valence-corrected chi connectivity index (χ3v) is 6.03. The van der Waals surface area contributed by atoms with Gasteiger partial charge in [0.25, 0.3) is 0 Å². The molecular weight excluding hydrogens is 252 g/mol. The van der Waals surface area contributed by atoms with Gasteiger partial charge in [-0.15, -0.1) is 0 Å². The van der Waals surface area contributed by atoms with E-state index in [9.17, 15) is 0 Å². The van der Waals surface area contributed by atoms with Gasteiger partial charge < -0.3 is 0 Å². The van der Waals surface area contributed by atoms with E-state index in [-0.39, 0.29) is 0 Å². The highest BCUT2D eigenvalue weighted by Crippen LogP contribution is 2.33.